The van der Waals surface area contributed by atoms with Crippen LogP contribution in [0.2, 0.25) is 0 Å². The Morgan fingerprint density at radius 3 is 1.12 bits per heavy atom. The van der Waals surface area contributed by atoms with Gasteiger partial charge in [-0.3, -0.25) is 9.11 Å². The van der Waals surface area contributed by atoms with Crippen LogP contribution in [0.3, 0.4) is 0 Å². The fraction of sp³-hybridized carbons (Fsp3) is 0. The first-order valence-electron chi connectivity index (χ1n) is 12.3. The summed E-state index contributed by atoms with van der Waals surface area (Å²) in [5.74, 6) is 0. The summed E-state index contributed by atoms with van der Waals surface area (Å²) >= 11 is 0. The largest absolute Gasteiger partial charge is 0.295 e. The summed E-state index contributed by atoms with van der Waals surface area (Å²) in [4.78, 5) is -0.922. The van der Waals surface area contributed by atoms with Crippen LogP contribution >= 0.6 is 0 Å². The first-order chi connectivity index (χ1) is 19.1. The fourth-order valence-electron chi connectivity index (χ4n) is 5.19. The molecule has 0 aliphatic carbocycles. The molecule has 0 spiro atoms. The van der Waals surface area contributed by atoms with Crippen LogP contribution in [0.5, 0.6) is 0 Å². The van der Waals surface area contributed by atoms with Crippen molar-refractivity contribution in [2.24, 2.45) is 0 Å². The monoisotopic (exact) mass is 566 g/mol. The van der Waals surface area contributed by atoms with Crippen molar-refractivity contribution in [2.75, 3.05) is 0 Å². The third-order valence-corrected chi connectivity index (χ3v) is 8.78. The molecule has 0 bridgehead atoms. The van der Waals surface area contributed by atoms with Crippen molar-refractivity contribution in [3.8, 4) is 33.4 Å². The second-order valence-electron chi connectivity index (χ2n) is 9.43. The number of benzene rings is 6. The highest BCUT2D eigenvalue weighted by atomic mass is 32.2. The Hall–Kier alpha value is -4.34. The van der Waals surface area contributed by atoms with Gasteiger partial charge in [0.1, 0.15) is 9.79 Å². The van der Waals surface area contributed by atoms with Gasteiger partial charge in [0, 0.05) is 11.1 Å². The van der Waals surface area contributed by atoms with Crippen molar-refractivity contribution in [3.63, 3.8) is 0 Å². The molecule has 0 saturated carbocycles. The Labute approximate surface area is 231 Å². The van der Waals surface area contributed by atoms with E-state index in [9.17, 15) is 25.9 Å². The summed E-state index contributed by atoms with van der Waals surface area (Å²) in [5.41, 5.74) is 3.62. The molecule has 0 radical (unpaired) electrons. The molecular formula is C32H22O6S2. The van der Waals surface area contributed by atoms with Crippen molar-refractivity contribution >= 4 is 41.8 Å². The summed E-state index contributed by atoms with van der Waals surface area (Å²) < 4.78 is 71.0. The molecule has 0 heterocycles. The molecule has 40 heavy (non-hydrogen) atoms. The molecule has 0 unspecified atom stereocenters. The van der Waals surface area contributed by atoms with Gasteiger partial charge in [-0.05, 0) is 68.1 Å². The quantitative estimate of drug-likeness (QED) is 0.209. The molecule has 0 fully saturated rings. The van der Waals surface area contributed by atoms with Gasteiger partial charge in [0.15, 0.2) is 0 Å². The van der Waals surface area contributed by atoms with Gasteiger partial charge in [0.25, 0.3) is 20.2 Å². The molecule has 6 aromatic rings. The van der Waals surface area contributed by atoms with E-state index in [0.717, 1.165) is 22.3 Å². The molecule has 198 valence electrons. The summed E-state index contributed by atoms with van der Waals surface area (Å²) in [6, 6.07) is 35.6. The zero-order valence-corrected chi connectivity index (χ0v) is 22.5. The van der Waals surface area contributed by atoms with Crippen LogP contribution in [0.1, 0.15) is 0 Å². The van der Waals surface area contributed by atoms with E-state index < -0.39 is 30.0 Å². The molecule has 6 nitrogen and oxygen atoms in total. The van der Waals surface area contributed by atoms with Gasteiger partial charge < -0.3 is 0 Å². The lowest BCUT2D eigenvalue weighted by Crippen LogP contribution is -2.06. The number of rotatable bonds is 5. The Morgan fingerprint density at radius 2 is 0.775 bits per heavy atom. The zero-order chi connectivity index (χ0) is 28.1. The molecule has 2 N–H and O–H groups in total. The molecule has 0 aliphatic rings. The lowest BCUT2D eigenvalue weighted by atomic mass is 9.91. The van der Waals surface area contributed by atoms with Crippen LogP contribution in [0.4, 0.5) is 0 Å². The predicted octanol–water partition coefficient (Wildman–Crippen LogP) is 7.49. The summed E-state index contributed by atoms with van der Waals surface area (Å²) in [6.07, 6.45) is 0. The van der Waals surface area contributed by atoms with Gasteiger partial charge in [-0.2, -0.15) is 16.8 Å². The van der Waals surface area contributed by atoms with E-state index in [1.807, 2.05) is 72.8 Å². The van der Waals surface area contributed by atoms with Gasteiger partial charge in [0.05, 0.1) is 0 Å². The summed E-state index contributed by atoms with van der Waals surface area (Å²) in [6.45, 7) is 0. The maximum Gasteiger partial charge on any atom is 0.295 e. The number of fused-ring (bicyclic) bond motifs is 2. The molecule has 0 amide bonds. The molecule has 8 heteroatoms. The highest BCUT2D eigenvalue weighted by Crippen LogP contribution is 2.43. The molecule has 0 aliphatic heterocycles. The Bertz CT molecular complexity index is 1980. The van der Waals surface area contributed by atoms with Gasteiger partial charge in [-0.1, -0.05) is 97.1 Å². The maximum absolute atomic E-state index is 12.6. The smallest absolute Gasteiger partial charge is 0.282 e. The normalized spacial score (nSPS) is 12.2. The van der Waals surface area contributed by atoms with Crippen molar-refractivity contribution in [1.29, 1.82) is 0 Å². The van der Waals surface area contributed by atoms with Gasteiger partial charge in [-0.15, -0.1) is 0 Å². The second-order valence-corrected chi connectivity index (χ2v) is 12.2. The van der Waals surface area contributed by atoms with Crippen LogP contribution < -0.4 is 0 Å². The molecular weight excluding hydrogens is 544 g/mol. The third-order valence-electron chi connectivity index (χ3n) is 6.98. The molecule has 0 saturated heterocycles. The van der Waals surface area contributed by atoms with Crippen molar-refractivity contribution in [1.82, 2.24) is 0 Å². The average Bonchev–Trinajstić information content (AvgIpc) is 2.95. The van der Waals surface area contributed by atoms with Crippen LogP contribution in [0.15, 0.2) is 131 Å². The highest BCUT2D eigenvalue weighted by molar-refractivity contribution is 7.86. The van der Waals surface area contributed by atoms with Gasteiger partial charge >= 0.3 is 0 Å². The molecule has 6 aromatic carbocycles. The number of hydrogen-bond acceptors (Lipinski definition) is 4. The van der Waals surface area contributed by atoms with Gasteiger partial charge in [0.2, 0.25) is 0 Å². The van der Waals surface area contributed by atoms with E-state index in [1.54, 1.807) is 36.4 Å². The average molecular weight is 567 g/mol. The van der Waals surface area contributed by atoms with E-state index in [4.69, 9.17) is 0 Å². The summed E-state index contributed by atoms with van der Waals surface area (Å²) in [5, 5.41) is 2.06. The maximum atomic E-state index is 12.6. The lowest BCUT2D eigenvalue weighted by molar-refractivity contribution is 0.480. The van der Waals surface area contributed by atoms with Crippen LogP contribution in [0, 0.1) is 0 Å². The van der Waals surface area contributed by atoms with Crippen molar-refractivity contribution in [3.05, 3.63) is 121 Å². The lowest BCUT2D eigenvalue weighted by Gasteiger charge is -2.18. The van der Waals surface area contributed by atoms with Gasteiger partial charge in [-0.25, -0.2) is 0 Å². The minimum atomic E-state index is -4.79. The zero-order valence-electron chi connectivity index (χ0n) is 20.9. The Balaban J connectivity index is 1.72. The topological polar surface area (TPSA) is 109 Å². The van der Waals surface area contributed by atoms with Crippen LogP contribution in [0.25, 0.3) is 54.9 Å². The SMILES string of the molecule is O=S(=O)(O)c1ccc2cc(-c3ccccc3)ccc2c1-c1c(S(=O)(=O)O)ccc2cc(-c3ccccc3)ccc12. The highest BCUT2D eigenvalue weighted by Gasteiger charge is 2.27. The van der Waals surface area contributed by atoms with Crippen molar-refractivity contribution < 1.29 is 25.9 Å². The number of hydrogen-bond donors (Lipinski definition) is 2. The Kier molecular flexibility index (Phi) is 6.28. The first-order valence-corrected chi connectivity index (χ1v) is 15.2. The Morgan fingerprint density at radius 1 is 0.400 bits per heavy atom. The van der Waals surface area contributed by atoms with Crippen LogP contribution in [-0.2, 0) is 20.2 Å². The fourth-order valence-corrected chi connectivity index (χ4v) is 6.61. The van der Waals surface area contributed by atoms with E-state index in [1.165, 1.54) is 12.1 Å². The van der Waals surface area contributed by atoms with Crippen molar-refractivity contribution in [2.45, 2.75) is 9.79 Å². The van der Waals surface area contributed by atoms with Crippen LogP contribution in [-0.4, -0.2) is 25.9 Å². The minimum Gasteiger partial charge on any atom is -0.282 e. The first kappa shape index (κ1) is 25.9. The molecule has 0 aromatic heterocycles. The molecule has 0 atom stereocenters. The molecule has 6 rings (SSSR count). The summed E-state index contributed by atoms with van der Waals surface area (Å²) in [7, 11) is -9.59. The van der Waals surface area contributed by atoms with E-state index in [-0.39, 0.29) is 11.1 Å². The van der Waals surface area contributed by atoms with E-state index >= 15 is 0 Å². The van der Waals surface area contributed by atoms with E-state index in [0.29, 0.717) is 21.5 Å². The van der Waals surface area contributed by atoms with E-state index in [2.05, 4.69) is 0 Å². The second kappa shape index (κ2) is 9.69. The predicted molar refractivity (Wildman–Crippen MR) is 157 cm³/mol. The third kappa shape index (κ3) is 4.67. The standard InChI is InChI=1S/C32H22O6S2/c33-39(34,35)29-17-13-25-19-23(21-7-3-1-4-8-21)11-15-27(25)31(29)32-28-16-12-24(22-9-5-2-6-10-22)20-26(28)14-18-30(32)40(36,37)38/h1-20H,(H,33,34,35)(H,36,37,38). The minimum absolute atomic E-state index is 0.00898.